The van der Waals surface area contributed by atoms with Crippen LogP contribution in [0.15, 0.2) is 28.7 Å². The standard InChI is InChI=1S/C30H42N4O7/c1-7-14(8-2)12-32-13-16-11-19(33(3)4)17-9-15-10-18-23(34(5)6)26(37)22(29(31)40)28(39)30(18,41)27(38)20(15)25(36)21(17)24(16)35/h11,14-15,18,23,32,35,37-38,41H,7-10,12-13H2,1-6H3,(H2,31,40)/t15-,18+,23?,30+/m1/s1. The van der Waals surface area contributed by atoms with Gasteiger partial charge in [-0.1, -0.05) is 26.7 Å². The van der Waals surface area contributed by atoms with E-state index in [1.807, 2.05) is 25.1 Å². The number of fused-ring (bicyclic) bond motifs is 3. The molecule has 0 radical (unpaired) electrons. The summed E-state index contributed by atoms with van der Waals surface area (Å²) in [4.78, 5) is 43.1. The molecule has 0 heterocycles. The number of aliphatic hydroxyl groups is 3. The van der Waals surface area contributed by atoms with Crippen LogP contribution in [0.1, 0.15) is 54.6 Å². The molecular formula is C30H42N4O7. The van der Waals surface area contributed by atoms with E-state index in [4.69, 9.17) is 5.73 Å². The Balaban J connectivity index is 1.86. The first-order valence-electron chi connectivity index (χ1n) is 14.1. The molecule has 0 fully saturated rings. The third-order valence-corrected chi connectivity index (χ3v) is 9.16. The van der Waals surface area contributed by atoms with Crippen molar-refractivity contribution in [2.75, 3.05) is 39.6 Å². The number of nitrogens with zero attached hydrogens (tertiary/aromatic N) is 2. The molecule has 4 rings (SSSR count). The minimum absolute atomic E-state index is 0.0244. The van der Waals surface area contributed by atoms with Gasteiger partial charge in [0, 0.05) is 43.4 Å². The first-order chi connectivity index (χ1) is 19.2. The van der Waals surface area contributed by atoms with E-state index in [0.717, 1.165) is 25.1 Å². The third-order valence-electron chi connectivity index (χ3n) is 9.16. The molecule has 0 bridgehead atoms. The molecule has 0 aliphatic heterocycles. The van der Waals surface area contributed by atoms with Crippen LogP contribution in [-0.2, 0) is 22.6 Å². The van der Waals surface area contributed by atoms with Crippen LogP contribution < -0.4 is 16.0 Å². The molecule has 7 N–H and O–H groups in total. The van der Waals surface area contributed by atoms with Gasteiger partial charge in [0.15, 0.2) is 11.4 Å². The molecule has 1 amide bonds. The number of phenolic OH excluding ortho intramolecular Hbond substituents is 1. The Hall–Kier alpha value is -3.41. The average molecular weight is 571 g/mol. The fraction of sp³-hybridized carbons (Fsp3) is 0.567. The molecule has 224 valence electrons. The maximum absolute atomic E-state index is 14.1. The van der Waals surface area contributed by atoms with Crippen molar-refractivity contribution in [2.24, 2.45) is 23.5 Å². The number of rotatable bonds is 9. The smallest absolute Gasteiger partial charge is 0.255 e. The minimum Gasteiger partial charge on any atom is -0.510 e. The quantitative estimate of drug-likeness (QED) is 0.240. The zero-order valence-electron chi connectivity index (χ0n) is 24.6. The Kier molecular flexibility index (Phi) is 8.28. The Morgan fingerprint density at radius 3 is 2.32 bits per heavy atom. The predicted octanol–water partition coefficient (Wildman–Crippen LogP) is 1.71. The molecule has 1 aromatic rings. The summed E-state index contributed by atoms with van der Waals surface area (Å²) in [6, 6.07) is 0.834. The number of carbonyl (C=O) groups is 3. The first kappa shape index (κ1) is 30.5. The highest BCUT2D eigenvalue weighted by molar-refractivity contribution is 6.24. The SMILES string of the molecule is CCC(CC)CNCc1cc(N(C)C)c2c(c1O)C(=O)C1=C(O)[C@]3(O)C(=O)C(C(N)=O)=C(O)C(N(C)C)[C@@H]3C[C@H]1C2. The fourth-order valence-electron chi connectivity index (χ4n) is 6.88. The van der Waals surface area contributed by atoms with Crippen LogP contribution in [0.25, 0.3) is 0 Å². The van der Waals surface area contributed by atoms with Crippen molar-refractivity contribution in [3.05, 3.63) is 45.4 Å². The average Bonchev–Trinajstić information content (AvgIpc) is 2.89. The second-order valence-corrected chi connectivity index (χ2v) is 11.9. The van der Waals surface area contributed by atoms with E-state index >= 15 is 0 Å². The predicted molar refractivity (Wildman–Crippen MR) is 154 cm³/mol. The second kappa shape index (κ2) is 11.1. The molecule has 1 aromatic carbocycles. The Morgan fingerprint density at radius 1 is 1.15 bits per heavy atom. The number of carbonyl (C=O) groups excluding carboxylic acids is 3. The van der Waals surface area contributed by atoms with Crippen LogP contribution in [0, 0.1) is 17.8 Å². The maximum Gasteiger partial charge on any atom is 0.255 e. The number of likely N-dealkylation sites (N-methyl/N-ethyl adjacent to an activating group) is 1. The number of hydrogen-bond donors (Lipinski definition) is 6. The molecule has 3 aliphatic rings. The van der Waals surface area contributed by atoms with Crippen molar-refractivity contribution >= 4 is 23.2 Å². The van der Waals surface area contributed by atoms with E-state index in [9.17, 15) is 34.8 Å². The van der Waals surface area contributed by atoms with Gasteiger partial charge < -0.3 is 36.4 Å². The molecule has 3 aliphatic carbocycles. The van der Waals surface area contributed by atoms with Crippen molar-refractivity contribution in [3.8, 4) is 5.75 Å². The fourth-order valence-corrected chi connectivity index (χ4v) is 6.88. The van der Waals surface area contributed by atoms with E-state index < -0.39 is 58.0 Å². The summed E-state index contributed by atoms with van der Waals surface area (Å²) in [5.74, 6) is -6.03. The van der Waals surface area contributed by atoms with Gasteiger partial charge in [-0.25, -0.2) is 0 Å². The molecule has 0 aromatic heterocycles. The Labute approximate surface area is 240 Å². The Bertz CT molecular complexity index is 1340. The van der Waals surface area contributed by atoms with Gasteiger partial charge in [-0.3, -0.25) is 19.3 Å². The van der Waals surface area contributed by atoms with Crippen molar-refractivity contribution in [1.82, 2.24) is 10.2 Å². The van der Waals surface area contributed by atoms with E-state index in [-0.39, 0.29) is 29.7 Å². The molecule has 41 heavy (non-hydrogen) atoms. The number of ketones is 2. The summed E-state index contributed by atoms with van der Waals surface area (Å²) in [6.07, 6.45) is 2.32. The zero-order chi connectivity index (χ0) is 30.5. The van der Waals surface area contributed by atoms with Gasteiger partial charge in [0.2, 0.25) is 5.78 Å². The summed E-state index contributed by atoms with van der Waals surface area (Å²) in [5, 5.41) is 48.9. The number of nitrogens with two attached hydrogens (primary N) is 1. The van der Waals surface area contributed by atoms with Gasteiger partial charge in [-0.2, -0.15) is 0 Å². The van der Waals surface area contributed by atoms with Gasteiger partial charge in [0.25, 0.3) is 5.91 Å². The normalized spacial score (nSPS) is 25.9. The third kappa shape index (κ3) is 4.69. The number of primary amides is 1. The van der Waals surface area contributed by atoms with Crippen LogP contribution in [0.2, 0.25) is 0 Å². The van der Waals surface area contributed by atoms with Crippen LogP contribution in [0.3, 0.4) is 0 Å². The Morgan fingerprint density at radius 2 is 1.78 bits per heavy atom. The van der Waals surface area contributed by atoms with E-state index in [1.54, 1.807) is 14.1 Å². The number of Topliss-reactive ketones (excluding diaryl/α,β-unsaturated/α-hetero) is 2. The van der Waals surface area contributed by atoms with Gasteiger partial charge >= 0.3 is 0 Å². The number of nitrogens with one attached hydrogen (secondary N) is 1. The number of anilines is 1. The molecular weight excluding hydrogens is 528 g/mol. The van der Waals surface area contributed by atoms with E-state index in [1.165, 1.54) is 4.90 Å². The maximum atomic E-state index is 14.1. The van der Waals surface area contributed by atoms with Crippen LogP contribution in [0.5, 0.6) is 5.75 Å². The number of benzene rings is 1. The number of aromatic hydroxyl groups is 1. The second-order valence-electron chi connectivity index (χ2n) is 11.9. The lowest BCUT2D eigenvalue weighted by molar-refractivity contribution is -0.148. The van der Waals surface area contributed by atoms with Crippen LogP contribution in [-0.4, -0.2) is 89.2 Å². The summed E-state index contributed by atoms with van der Waals surface area (Å²) in [6.45, 7) is 5.31. The molecule has 11 heteroatoms. The molecule has 0 spiro atoms. The molecule has 1 unspecified atom stereocenters. The van der Waals surface area contributed by atoms with Crippen molar-refractivity contribution in [1.29, 1.82) is 0 Å². The van der Waals surface area contributed by atoms with E-state index in [2.05, 4.69) is 19.2 Å². The van der Waals surface area contributed by atoms with Crippen LogP contribution in [0.4, 0.5) is 5.69 Å². The summed E-state index contributed by atoms with van der Waals surface area (Å²) >= 11 is 0. The molecule has 0 saturated heterocycles. The van der Waals surface area contributed by atoms with Crippen molar-refractivity contribution in [3.63, 3.8) is 0 Å². The lowest BCUT2D eigenvalue weighted by atomic mass is 9.58. The highest BCUT2D eigenvalue weighted by Crippen LogP contribution is 2.53. The number of hydrogen-bond acceptors (Lipinski definition) is 10. The molecule has 11 nitrogen and oxygen atoms in total. The molecule has 0 saturated carbocycles. The van der Waals surface area contributed by atoms with Gasteiger partial charge in [0.1, 0.15) is 22.8 Å². The summed E-state index contributed by atoms with van der Waals surface area (Å²) in [7, 11) is 6.90. The lowest BCUT2D eigenvalue weighted by Gasteiger charge is -2.50. The van der Waals surface area contributed by atoms with Gasteiger partial charge in [-0.15, -0.1) is 0 Å². The number of aliphatic hydroxyl groups excluding tert-OH is 2. The largest absolute Gasteiger partial charge is 0.510 e. The first-order valence-corrected chi connectivity index (χ1v) is 14.1. The highest BCUT2D eigenvalue weighted by atomic mass is 16.3. The van der Waals surface area contributed by atoms with Crippen molar-refractivity contribution in [2.45, 2.75) is 57.7 Å². The number of allylic oxidation sites excluding steroid dienone is 1. The highest BCUT2D eigenvalue weighted by Gasteiger charge is 2.63. The number of phenols is 1. The monoisotopic (exact) mass is 570 g/mol. The summed E-state index contributed by atoms with van der Waals surface area (Å²) in [5.41, 5.74) is 3.66. The van der Waals surface area contributed by atoms with Crippen LogP contribution >= 0.6 is 0 Å². The van der Waals surface area contributed by atoms with Gasteiger partial charge in [-0.05, 0) is 56.9 Å². The van der Waals surface area contributed by atoms with Crippen molar-refractivity contribution < 1.29 is 34.8 Å². The topological polar surface area (TPSA) is 177 Å². The number of amides is 1. The van der Waals surface area contributed by atoms with Gasteiger partial charge in [0.05, 0.1) is 11.6 Å². The van der Waals surface area contributed by atoms with E-state index in [0.29, 0.717) is 23.6 Å². The molecule has 4 atom stereocenters. The zero-order valence-corrected chi connectivity index (χ0v) is 24.6. The lowest BCUT2D eigenvalue weighted by Crippen LogP contribution is -2.63. The summed E-state index contributed by atoms with van der Waals surface area (Å²) < 4.78 is 0. The minimum atomic E-state index is -2.65.